The van der Waals surface area contributed by atoms with Crippen LogP contribution in [-0.4, -0.2) is 70.0 Å². The Morgan fingerprint density at radius 3 is 2.78 bits per heavy atom. The van der Waals surface area contributed by atoms with Crippen molar-refractivity contribution in [1.82, 2.24) is 30.1 Å². The molecule has 0 aliphatic carbocycles. The van der Waals surface area contributed by atoms with Crippen LogP contribution in [0.2, 0.25) is 0 Å². The third-order valence-electron chi connectivity index (χ3n) is 7.27. The molecule has 2 aromatic heterocycles. The topological polar surface area (TPSA) is 130 Å². The molecule has 3 N–H and O–H groups in total. The van der Waals surface area contributed by atoms with Crippen LogP contribution in [0.25, 0.3) is 5.65 Å². The van der Waals surface area contributed by atoms with Gasteiger partial charge in [0.05, 0.1) is 11.9 Å². The van der Waals surface area contributed by atoms with Gasteiger partial charge in [0.25, 0.3) is 17.7 Å². The van der Waals surface area contributed by atoms with Crippen molar-refractivity contribution in [3.63, 3.8) is 0 Å². The predicted octanol–water partition coefficient (Wildman–Crippen LogP) is 1.06. The lowest BCUT2D eigenvalue weighted by Crippen LogP contribution is -2.50. The molecule has 7 rings (SSSR count). The molecule has 186 valence electrons. The zero-order chi connectivity index (χ0) is 24.6. The van der Waals surface area contributed by atoms with Gasteiger partial charge in [0.15, 0.2) is 12.3 Å². The number of nitrogens with zero attached hydrogens (tertiary/aromatic N) is 4. The molecule has 3 fully saturated rings. The standard InChI is InChI=1S/C25H27N7O4/c33-23-14-36-21-2-1-15(9-18(21)30-23)11-26-24(34)19-10-20(32-22(29-19)3-6-28-32)25(35)27-12-17-13-31-7-4-16(17)5-8-31/h1-3,6,9-10,16-17H,4-5,7-8,11-14H2,(H,26,34)(H,27,35)(H,30,33)/t17-/m1/s1. The maximum absolute atomic E-state index is 13.1. The lowest BCUT2D eigenvalue weighted by atomic mass is 9.79. The van der Waals surface area contributed by atoms with Gasteiger partial charge in [0.2, 0.25) is 0 Å². The molecule has 36 heavy (non-hydrogen) atoms. The molecule has 3 amide bonds. The molecule has 0 saturated carbocycles. The van der Waals surface area contributed by atoms with Gasteiger partial charge >= 0.3 is 0 Å². The summed E-state index contributed by atoms with van der Waals surface area (Å²) in [6, 6.07) is 8.46. The average molecular weight is 490 g/mol. The molecular formula is C25H27N7O4. The summed E-state index contributed by atoms with van der Waals surface area (Å²) >= 11 is 0. The number of carbonyl (C=O) groups excluding carboxylic acids is 3. The Hall–Kier alpha value is -3.99. The smallest absolute Gasteiger partial charge is 0.270 e. The molecule has 1 atom stereocenters. The summed E-state index contributed by atoms with van der Waals surface area (Å²) in [4.78, 5) is 44.5. The van der Waals surface area contributed by atoms with Crippen LogP contribution in [0.15, 0.2) is 36.5 Å². The number of ether oxygens (including phenoxy) is 1. The minimum atomic E-state index is -0.414. The zero-order valence-corrected chi connectivity index (χ0v) is 19.7. The monoisotopic (exact) mass is 489 g/mol. The van der Waals surface area contributed by atoms with Crippen LogP contribution in [0.1, 0.15) is 39.4 Å². The molecule has 3 aromatic rings. The molecule has 11 heteroatoms. The third kappa shape index (κ3) is 4.37. The Bertz CT molecular complexity index is 1350. The summed E-state index contributed by atoms with van der Waals surface area (Å²) in [6.45, 7) is 4.13. The van der Waals surface area contributed by atoms with Crippen molar-refractivity contribution in [2.45, 2.75) is 19.4 Å². The van der Waals surface area contributed by atoms with E-state index >= 15 is 0 Å². The van der Waals surface area contributed by atoms with Gasteiger partial charge in [-0.05, 0) is 55.5 Å². The Morgan fingerprint density at radius 1 is 1.11 bits per heavy atom. The molecule has 6 heterocycles. The minimum Gasteiger partial charge on any atom is -0.482 e. The van der Waals surface area contributed by atoms with Crippen LogP contribution in [0, 0.1) is 11.8 Å². The van der Waals surface area contributed by atoms with Gasteiger partial charge in [-0.3, -0.25) is 14.4 Å². The number of benzene rings is 1. The number of piperidine rings is 3. The van der Waals surface area contributed by atoms with E-state index in [0.717, 1.165) is 25.2 Å². The highest BCUT2D eigenvalue weighted by atomic mass is 16.5. The first kappa shape index (κ1) is 22.5. The van der Waals surface area contributed by atoms with E-state index in [1.165, 1.54) is 23.4 Å². The number of hydrogen-bond acceptors (Lipinski definition) is 7. The van der Waals surface area contributed by atoms with Crippen molar-refractivity contribution in [3.05, 3.63) is 53.5 Å². The van der Waals surface area contributed by atoms with Crippen molar-refractivity contribution in [2.75, 3.05) is 38.1 Å². The van der Waals surface area contributed by atoms with Gasteiger partial charge in [0, 0.05) is 31.8 Å². The summed E-state index contributed by atoms with van der Waals surface area (Å²) in [5, 5.41) is 12.9. The highest BCUT2D eigenvalue weighted by Crippen LogP contribution is 2.32. The lowest BCUT2D eigenvalue weighted by molar-refractivity contribution is -0.118. The summed E-state index contributed by atoms with van der Waals surface area (Å²) in [5.74, 6) is 0.779. The number of amides is 3. The quantitative estimate of drug-likeness (QED) is 0.472. The van der Waals surface area contributed by atoms with E-state index in [1.54, 1.807) is 24.4 Å². The van der Waals surface area contributed by atoms with E-state index < -0.39 is 5.91 Å². The maximum Gasteiger partial charge on any atom is 0.270 e. The average Bonchev–Trinajstić information content (AvgIpc) is 3.39. The maximum atomic E-state index is 13.1. The van der Waals surface area contributed by atoms with Gasteiger partial charge in [0.1, 0.15) is 17.1 Å². The first-order chi connectivity index (χ1) is 17.5. The second-order valence-corrected chi connectivity index (χ2v) is 9.59. The molecule has 4 aliphatic heterocycles. The van der Waals surface area contributed by atoms with E-state index in [2.05, 4.69) is 30.9 Å². The van der Waals surface area contributed by atoms with Gasteiger partial charge in [-0.2, -0.15) is 5.10 Å². The first-order valence-electron chi connectivity index (χ1n) is 12.2. The van der Waals surface area contributed by atoms with Crippen molar-refractivity contribution in [1.29, 1.82) is 0 Å². The largest absolute Gasteiger partial charge is 0.482 e. The molecule has 11 nitrogen and oxygen atoms in total. The third-order valence-corrected chi connectivity index (χ3v) is 7.27. The molecule has 3 saturated heterocycles. The van der Waals surface area contributed by atoms with Gasteiger partial charge in [-0.15, -0.1) is 0 Å². The van der Waals surface area contributed by atoms with E-state index in [0.29, 0.717) is 35.5 Å². The van der Waals surface area contributed by atoms with Crippen LogP contribution in [0.5, 0.6) is 5.75 Å². The van der Waals surface area contributed by atoms with Crippen LogP contribution in [-0.2, 0) is 11.3 Å². The molecule has 1 aromatic carbocycles. The minimum absolute atomic E-state index is 0.0125. The molecule has 4 aliphatic rings. The Labute approximate surface area is 207 Å². The van der Waals surface area contributed by atoms with Crippen molar-refractivity contribution in [3.8, 4) is 5.75 Å². The number of fused-ring (bicyclic) bond motifs is 5. The molecular weight excluding hydrogens is 462 g/mol. The molecule has 0 unspecified atom stereocenters. The second kappa shape index (κ2) is 9.23. The molecule has 0 spiro atoms. The fraction of sp³-hybridized carbons (Fsp3) is 0.400. The number of hydrogen-bond donors (Lipinski definition) is 3. The van der Waals surface area contributed by atoms with Crippen LogP contribution in [0.4, 0.5) is 5.69 Å². The number of anilines is 1. The number of rotatable bonds is 6. The highest BCUT2D eigenvalue weighted by Gasteiger charge is 2.34. The fourth-order valence-electron chi connectivity index (χ4n) is 5.34. The predicted molar refractivity (Wildman–Crippen MR) is 130 cm³/mol. The van der Waals surface area contributed by atoms with Crippen LogP contribution < -0.4 is 20.7 Å². The van der Waals surface area contributed by atoms with Gasteiger partial charge in [-0.1, -0.05) is 6.07 Å². The van der Waals surface area contributed by atoms with Crippen LogP contribution in [0.3, 0.4) is 0 Å². The molecule has 2 bridgehead atoms. The lowest BCUT2D eigenvalue weighted by Gasteiger charge is -2.44. The SMILES string of the molecule is O=C1COc2ccc(CNC(=O)c3cc(C(=O)NC[C@@H]4CN5CCC4CC5)n4nccc4n3)cc2N1. The van der Waals surface area contributed by atoms with Crippen molar-refractivity contribution >= 4 is 29.1 Å². The van der Waals surface area contributed by atoms with Crippen molar-refractivity contribution in [2.24, 2.45) is 11.8 Å². The normalized spacial score (nSPS) is 22.4. The zero-order valence-electron chi connectivity index (χ0n) is 19.7. The van der Waals surface area contributed by atoms with E-state index in [-0.39, 0.29) is 36.4 Å². The first-order valence-corrected chi connectivity index (χ1v) is 12.2. The second-order valence-electron chi connectivity index (χ2n) is 9.59. The summed E-state index contributed by atoms with van der Waals surface area (Å²) < 4.78 is 6.82. The summed E-state index contributed by atoms with van der Waals surface area (Å²) in [6.07, 6.45) is 3.93. The van der Waals surface area contributed by atoms with E-state index in [1.807, 2.05) is 6.07 Å². The van der Waals surface area contributed by atoms with E-state index in [9.17, 15) is 14.4 Å². The van der Waals surface area contributed by atoms with Gasteiger partial charge in [-0.25, -0.2) is 9.50 Å². The summed E-state index contributed by atoms with van der Waals surface area (Å²) in [5.41, 5.74) is 2.17. The number of nitrogens with one attached hydrogen (secondary N) is 3. The van der Waals surface area contributed by atoms with Crippen molar-refractivity contribution < 1.29 is 19.1 Å². The van der Waals surface area contributed by atoms with Crippen LogP contribution >= 0.6 is 0 Å². The highest BCUT2D eigenvalue weighted by molar-refractivity contribution is 5.98. The molecule has 0 radical (unpaired) electrons. The Morgan fingerprint density at radius 2 is 1.97 bits per heavy atom. The Balaban J connectivity index is 1.15. The van der Waals surface area contributed by atoms with E-state index in [4.69, 9.17) is 4.74 Å². The Kier molecular flexibility index (Phi) is 5.76. The van der Waals surface area contributed by atoms with Gasteiger partial charge < -0.3 is 25.6 Å². The summed E-state index contributed by atoms with van der Waals surface area (Å²) in [7, 11) is 0. The number of aromatic nitrogens is 3. The number of carbonyl (C=O) groups is 3. The fourth-order valence-corrected chi connectivity index (χ4v) is 5.34.